The van der Waals surface area contributed by atoms with Gasteiger partial charge in [-0.2, -0.15) is 0 Å². The second-order valence-corrected chi connectivity index (χ2v) is 13.2. The Morgan fingerprint density at radius 3 is 1.45 bits per heavy atom. The molecule has 6 nitrogen and oxygen atoms in total. The molecule has 3 aromatic rings. The average Bonchev–Trinajstić information content (AvgIpc) is 3.11. The van der Waals surface area contributed by atoms with Crippen LogP contribution in [-0.4, -0.2) is 24.0 Å². The Balaban J connectivity index is 1.34. The predicted octanol–water partition coefficient (Wildman–Crippen LogP) is 12.1. The van der Waals surface area contributed by atoms with Crippen LogP contribution < -0.4 is 9.47 Å². The Hall–Kier alpha value is -3.93. The van der Waals surface area contributed by atoms with Crippen molar-refractivity contribution in [2.24, 2.45) is 0 Å². The lowest BCUT2D eigenvalue weighted by Crippen LogP contribution is -2.15. The minimum atomic E-state index is -0.488. The summed E-state index contributed by atoms with van der Waals surface area (Å²) in [5, 5.41) is 0. The third-order valence-corrected chi connectivity index (χ3v) is 8.85. The third kappa shape index (κ3) is 15.9. The molecule has 1 unspecified atom stereocenters. The van der Waals surface area contributed by atoms with E-state index >= 15 is 0 Å². The highest BCUT2D eigenvalue weighted by atomic mass is 16.5. The van der Waals surface area contributed by atoms with Gasteiger partial charge in [-0.15, -0.1) is 0 Å². The normalized spacial score (nSPS) is 11.6. The van der Waals surface area contributed by atoms with Crippen molar-refractivity contribution in [1.29, 1.82) is 0 Å². The van der Waals surface area contributed by atoms with Crippen molar-refractivity contribution in [3.05, 3.63) is 83.9 Å². The zero-order chi connectivity index (χ0) is 35.1. The van der Waals surface area contributed by atoms with E-state index in [1.807, 2.05) is 31.2 Å². The van der Waals surface area contributed by atoms with Crippen LogP contribution in [-0.2, 0) is 9.53 Å². The molecular formula is C43H58O6. The van der Waals surface area contributed by atoms with Crippen LogP contribution in [0.2, 0.25) is 0 Å². The lowest BCUT2D eigenvalue weighted by Gasteiger charge is -2.13. The number of carbonyl (C=O) groups is 3. The molecule has 0 saturated heterocycles. The first-order valence-electron chi connectivity index (χ1n) is 18.8. The van der Waals surface area contributed by atoms with Gasteiger partial charge in [0.25, 0.3) is 0 Å². The van der Waals surface area contributed by atoms with Crippen LogP contribution in [0.15, 0.2) is 72.8 Å². The van der Waals surface area contributed by atoms with Gasteiger partial charge in [0.1, 0.15) is 11.5 Å². The Morgan fingerprint density at radius 2 is 0.898 bits per heavy atom. The number of benzene rings is 3. The monoisotopic (exact) mass is 670 g/mol. The summed E-state index contributed by atoms with van der Waals surface area (Å²) < 4.78 is 16.6. The maximum Gasteiger partial charge on any atom is 0.343 e. The molecule has 0 fully saturated rings. The van der Waals surface area contributed by atoms with Crippen LogP contribution in [0.5, 0.6) is 11.5 Å². The van der Waals surface area contributed by atoms with Gasteiger partial charge in [0, 0.05) is 6.42 Å². The van der Waals surface area contributed by atoms with Crippen LogP contribution in [0.3, 0.4) is 0 Å². The highest BCUT2D eigenvalue weighted by Crippen LogP contribution is 2.24. The molecule has 0 aliphatic rings. The Bertz CT molecular complexity index is 1360. The van der Waals surface area contributed by atoms with Gasteiger partial charge in [0.2, 0.25) is 0 Å². The van der Waals surface area contributed by atoms with E-state index in [9.17, 15) is 14.4 Å². The van der Waals surface area contributed by atoms with Gasteiger partial charge in [-0.3, -0.25) is 4.79 Å². The van der Waals surface area contributed by atoms with Gasteiger partial charge in [0.05, 0.1) is 17.2 Å². The summed E-state index contributed by atoms with van der Waals surface area (Å²) in [6.07, 6.45) is 20.8. The van der Waals surface area contributed by atoms with Gasteiger partial charge < -0.3 is 14.2 Å². The van der Waals surface area contributed by atoms with Crippen molar-refractivity contribution in [1.82, 2.24) is 0 Å². The highest BCUT2D eigenvalue weighted by Gasteiger charge is 2.14. The number of rotatable bonds is 24. The fraction of sp³-hybridized carbons (Fsp3) is 0.512. The first kappa shape index (κ1) is 39.5. The summed E-state index contributed by atoms with van der Waals surface area (Å²) in [7, 11) is 0. The van der Waals surface area contributed by atoms with Crippen LogP contribution in [0, 0.1) is 0 Å². The van der Waals surface area contributed by atoms with Crippen LogP contribution in [0.25, 0.3) is 11.1 Å². The van der Waals surface area contributed by atoms with Crippen molar-refractivity contribution in [3.8, 4) is 22.6 Å². The van der Waals surface area contributed by atoms with Gasteiger partial charge in [-0.25, -0.2) is 9.59 Å². The zero-order valence-corrected chi connectivity index (χ0v) is 30.2. The molecule has 6 heteroatoms. The third-order valence-electron chi connectivity index (χ3n) is 8.85. The fourth-order valence-electron chi connectivity index (χ4n) is 5.80. The molecule has 0 saturated carbocycles. The number of carbonyl (C=O) groups excluding carboxylic acids is 3. The van der Waals surface area contributed by atoms with Crippen molar-refractivity contribution >= 4 is 17.9 Å². The Labute approximate surface area is 294 Å². The van der Waals surface area contributed by atoms with E-state index < -0.39 is 5.97 Å². The molecule has 3 aromatic carbocycles. The van der Waals surface area contributed by atoms with E-state index in [1.54, 1.807) is 48.5 Å². The van der Waals surface area contributed by atoms with Crippen LogP contribution in [0.1, 0.15) is 157 Å². The SMILES string of the molecule is CCCCCCCCCCCCCCC(=O)Oc1ccc(-c2ccc(C(=O)Oc3ccc(C(=O)OC(C)CCCCCC)cc3)cc2)cc1. The first-order chi connectivity index (χ1) is 23.9. The predicted molar refractivity (Wildman–Crippen MR) is 198 cm³/mol. The molecule has 0 heterocycles. The van der Waals surface area contributed by atoms with E-state index in [0.717, 1.165) is 43.2 Å². The Kier molecular flexibility index (Phi) is 18.9. The van der Waals surface area contributed by atoms with Crippen molar-refractivity contribution in [2.45, 2.75) is 142 Å². The number of ether oxygens (including phenoxy) is 3. The molecule has 0 N–H and O–H groups in total. The van der Waals surface area contributed by atoms with Crippen LogP contribution in [0.4, 0.5) is 0 Å². The fourth-order valence-corrected chi connectivity index (χ4v) is 5.80. The number of hydrogen-bond donors (Lipinski definition) is 0. The van der Waals surface area contributed by atoms with Gasteiger partial charge in [-0.05, 0) is 85.8 Å². The number of hydrogen-bond acceptors (Lipinski definition) is 6. The second-order valence-electron chi connectivity index (χ2n) is 13.2. The molecule has 0 amide bonds. The summed E-state index contributed by atoms with van der Waals surface area (Å²) in [5.74, 6) is -0.179. The zero-order valence-electron chi connectivity index (χ0n) is 30.2. The van der Waals surface area contributed by atoms with Crippen LogP contribution >= 0.6 is 0 Å². The summed E-state index contributed by atoms with van der Waals surface area (Å²) in [6, 6.07) is 21.0. The summed E-state index contributed by atoms with van der Waals surface area (Å²) in [5.41, 5.74) is 2.70. The topological polar surface area (TPSA) is 78.9 Å². The molecule has 49 heavy (non-hydrogen) atoms. The van der Waals surface area contributed by atoms with E-state index in [2.05, 4.69) is 13.8 Å². The molecule has 0 spiro atoms. The molecule has 0 aromatic heterocycles. The maximum absolute atomic E-state index is 12.8. The highest BCUT2D eigenvalue weighted by molar-refractivity contribution is 5.92. The minimum Gasteiger partial charge on any atom is -0.459 e. The van der Waals surface area contributed by atoms with Crippen molar-refractivity contribution < 1.29 is 28.6 Å². The molecule has 3 rings (SSSR count). The molecule has 0 radical (unpaired) electrons. The summed E-state index contributed by atoms with van der Waals surface area (Å²) >= 11 is 0. The van der Waals surface area contributed by atoms with Crippen molar-refractivity contribution in [2.75, 3.05) is 0 Å². The molecular weight excluding hydrogens is 612 g/mol. The first-order valence-corrected chi connectivity index (χ1v) is 18.8. The van der Waals surface area contributed by atoms with Gasteiger partial charge in [-0.1, -0.05) is 128 Å². The molecule has 0 aliphatic carbocycles. The summed E-state index contributed by atoms with van der Waals surface area (Å²) in [6.45, 7) is 6.34. The van der Waals surface area contributed by atoms with Gasteiger partial charge >= 0.3 is 17.9 Å². The van der Waals surface area contributed by atoms with Crippen molar-refractivity contribution in [3.63, 3.8) is 0 Å². The quantitative estimate of drug-likeness (QED) is 0.0536. The maximum atomic E-state index is 12.8. The lowest BCUT2D eigenvalue weighted by atomic mass is 10.0. The second kappa shape index (κ2) is 23.4. The Morgan fingerprint density at radius 1 is 0.490 bits per heavy atom. The number of esters is 3. The molecule has 1 atom stereocenters. The largest absolute Gasteiger partial charge is 0.459 e. The average molecular weight is 671 g/mol. The van der Waals surface area contributed by atoms with Gasteiger partial charge in [0.15, 0.2) is 0 Å². The smallest absolute Gasteiger partial charge is 0.343 e. The lowest BCUT2D eigenvalue weighted by molar-refractivity contribution is -0.134. The molecule has 0 bridgehead atoms. The summed E-state index contributed by atoms with van der Waals surface area (Å²) in [4.78, 5) is 37.6. The number of unbranched alkanes of at least 4 members (excludes halogenated alkanes) is 14. The standard InChI is InChI=1S/C43H58O6/c1-4-6-8-10-11-12-13-14-15-16-17-19-21-41(44)48-39-30-26-36(27-31-39)35-22-24-37(25-23-35)43(46)49-40-32-28-38(29-33-40)42(45)47-34(3)20-18-9-7-5-2/h22-34H,4-21H2,1-3H3. The van der Waals surface area contributed by atoms with E-state index in [4.69, 9.17) is 14.2 Å². The molecule has 0 aliphatic heterocycles. The van der Waals surface area contributed by atoms with E-state index in [1.165, 1.54) is 77.0 Å². The van der Waals surface area contributed by atoms with E-state index in [0.29, 0.717) is 29.0 Å². The minimum absolute atomic E-state index is 0.140. The molecule has 266 valence electrons. The van der Waals surface area contributed by atoms with E-state index in [-0.39, 0.29) is 18.0 Å².